The van der Waals surface area contributed by atoms with E-state index in [9.17, 15) is 24.0 Å². The lowest BCUT2D eigenvalue weighted by Gasteiger charge is -2.50. The van der Waals surface area contributed by atoms with E-state index in [1.807, 2.05) is 19.1 Å². The van der Waals surface area contributed by atoms with Crippen molar-refractivity contribution in [1.29, 1.82) is 0 Å². The molecule has 0 atom stereocenters. The van der Waals surface area contributed by atoms with Crippen molar-refractivity contribution >= 4 is 87.9 Å². The molecule has 10 nitrogen and oxygen atoms in total. The van der Waals surface area contributed by atoms with E-state index in [0.29, 0.717) is 21.7 Å². The molecule has 5 rings (SSSR count). The molecule has 3 aliphatic rings. The third-order valence-corrected chi connectivity index (χ3v) is 12.6. The van der Waals surface area contributed by atoms with Crippen LogP contribution in [-0.4, -0.2) is 67.8 Å². The number of halogens is 1. The molecule has 0 fully saturated rings. The van der Waals surface area contributed by atoms with Gasteiger partial charge in [-0.05, 0) is 45.0 Å². The number of carbonyl (C=O) groups is 5. The van der Waals surface area contributed by atoms with E-state index in [-0.39, 0.29) is 30.9 Å². The maximum atomic E-state index is 14.4. The van der Waals surface area contributed by atoms with Gasteiger partial charge in [0.25, 0.3) is 5.91 Å². The Morgan fingerprint density at radius 3 is 1.85 bits per heavy atom. The summed E-state index contributed by atoms with van der Waals surface area (Å²) in [7, 11) is 4.67. The van der Waals surface area contributed by atoms with Crippen LogP contribution in [0.3, 0.4) is 0 Å². The smallest absolute Gasteiger partial charge is 0.345 e. The largest absolute Gasteiger partial charge is 0.466 e. The van der Waals surface area contributed by atoms with Crippen molar-refractivity contribution in [2.75, 3.05) is 33.3 Å². The van der Waals surface area contributed by atoms with Gasteiger partial charge in [0.05, 0.1) is 55.8 Å². The summed E-state index contributed by atoms with van der Waals surface area (Å²) >= 11 is 9.22. The average molecular weight is 702 g/mol. The quantitative estimate of drug-likeness (QED) is 0.273. The molecule has 240 valence electrons. The minimum Gasteiger partial charge on any atom is -0.466 e. The van der Waals surface area contributed by atoms with Crippen molar-refractivity contribution in [2.45, 2.75) is 30.4 Å². The fourth-order valence-corrected chi connectivity index (χ4v) is 10.8. The van der Waals surface area contributed by atoms with Gasteiger partial charge in [-0.1, -0.05) is 70.6 Å². The predicted octanol–water partition coefficient (Wildman–Crippen LogP) is 5.88. The van der Waals surface area contributed by atoms with Crippen LogP contribution in [0.1, 0.15) is 35.3 Å². The highest BCUT2D eigenvalue weighted by Gasteiger charge is 2.61. The standard InChI is InChI=1S/C32H28ClNO9S3/c1-15-12-13-19-17(14-15)20-25(31(2,3)34(19)26(35)16-10-8-9-11-18(16)33)44-22(28(37)41-5)21(27(36)40-4)32(20)45-23(29(38)42-6)24(46-32)30(39)43-7/h8-14H,1-7H3. The van der Waals surface area contributed by atoms with Gasteiger partial charge in [-0.3, -0.25) is 9.69 Å². The minimum absolute atomic E-state index is 0.120. The van der Waals surface area contributed by atoms with Gasteiger partial charge < -0.3 is 18.9 Å². The highest BCUT2D eigenvalue weighted by atomic mass is 35.5. The number of nitrogens with zero attached hydrogens (tertiary/aromatic N) is 1. The summed E-state index contributed by atoms with van der Waals surface area (Å²) in [5.41, 5.74) is 1.25. The maximum absolute atomic E-state index is 14.4. The second kappa shape index (κ2) is 12.5. The summed E-state index contributed by atoms with van der Waals surface area (Å²) in [5.74, 6) is -3.81. The number of thioether (sulfide) groups is 3. The zero-order chi connectivity index (χ0) is 33.7. The number of hydrogen-bond donors (Lipinski definition) is 0. The van der Waals surface area contributed by atoms with E-state index in [4.69, 9.17) is 30.5 Å². The molecule has 0 N–H and O–H groups in total. The molecule has 0 aromatic heterocycles. The van der Waals surface area contributed by atoms with Crippen LogP contribution in [0.25, 0.3) is 5.57 Å². The molecule has 1 spiro atoms. The molecule has 3 aliphatic heterocycles. The number of hydrogen-bond acceptors (Lipinski definition) is 12. The van der Waals surface area contributed by atoms with E-state index in [2.05, 4.69) is 0 Å². The van der Waals surface area contributed by atoms with Crippen molar-refractivity contribution in [1.82, 2.24) is 0 Å². The van der Waals surface area contributed by atoms with Gasteiger partial charge in [-0.2, -0.15) is 0 Å². The molecule has 0 aliphatic carbocycles. The fraction of sp³-hybridized carbons (Fsp3) is 0.281. The van der Waals surface area contributed by atoms with Crippen LogP contribution in [-0.2, 0) is 38.1 Å². The summed E-state index contributed by atoms with van der Waals surface area (Å²) < 4.78 is 18.8. The van der Waals surface area contributed by atoms with Gasteiger partial charge in [-0.25, -0.2) is 19.2 Å². The van der Waals surface area contributed by atoms with Gasteiger partial charge in [0, 0.05) is 16.0 Å². The molecule has 0 saturated carbocycles. The number of rotatable bonds is 5. The Labute approximate surface area is 282 Å². The summed E-state index contributed by atoms with van der Waals surface area (Å²) in [4.78, 5) is 69.8. The Bertz CT molecular complexity index is 1800. The molecule has 0 unspecified atom stereocenters. The topological polar surface area (TPSA) is 126 Å². The zero-order valence-corrected chi connectivity index (χ0v) is 29.0. The first-order valence-corrected chi connectivity index (χ1v) is 16.4. The second-order valence-corrected chi connectivity index (χ2v) is 14.8. The van der Waals surface area contributed by atoms with E-state index in [0.717, 1.165) is 40.8 Å². The van der Waals surface area contributed by atoms with E-state index >= 15 is 0 Å². The first-order chi connectivity index (χ1) is 21.8. The number of aryl methyl sites for hydroxylation is 1. The third-order valence-electron chi connectivity index (χ3n) is 7.60. The average Bonchev–Trinajstić information content (AvgIpc) is 3.43. The lowest BCUT2D eigenvalue weighted by molar-refractivity contribution is -0.138. The normalized spacial score (nSPS) is 17.8. The van der Waals surface area contributed by atoms with E-state index < -0.39 is 39.4 Å². The predicted molar refractivity (Wildman–Crippen MR) is 178 cm³/mol. The van der Waals surface area contributed by atoms with Crippen LogP contribution < -0.4 is 4.90 Å². The summed E-state index contributed by atoms with van der Waals surface area (Å²) in [5, 5.41) is 0.254. The number of amides is 1. The third kappa shape index (κ3) is 5.13. The SMILES string of the molecule is COC(=O)C1=C(C(=O)OC)SC2(S1)C(C(=O)OC)=C(C(=O)OC)SC1=C2c2cc(C)ccc2N(C(=O)c2ccccc2Cl)C1(C)C. The lowest BCUT2D eigenvalue weighted by atomic mass is 9.82. The van der Waals surface area contributed by atoms with Crippen molar-refractivity contribution in [3.63, 3.8) is 0 Å². The Kier molecular flexibility index (Phi) is 9.17. The first kappa shape index (κ1) is 33.7. The Balaban J connectivity index is 1.90. The number of benzene rings is 2. The minimum atomic E-state index is -1.66. The van der Waals surface area contributed by atoms with E-state index in [1.54, 1.807) is 49.1 Å². The summed E-state index contributed by atoms with van der Waals surface area (Å²) in [6.45, 7) is 5.48. The molecular formula is C32H28ClNO9S3. The molecule has 2 aromatic carbocycles. The molecule has 0 radical (unpaired) electrons. The summed E-state index contributed by atoms with van der Waals surface area (Å²) in [6, 6.07) is 12.2. The van der Waals surface area contributed by atoms with Crippen LogP contribution in [0.15, 0.2) is 67.7 Å². The highest BCUT2D eigenvalue weighted by molar-refractivity contribution is 8.26. The van der Waals surface area contributed by atoms with Crippen LogP contribution >= 0.6 is 46.9 Å². The highest BCUT2D eigenvalue weighted by Crippen LogP contribution is 2.71. The van der Waals surface area contributed by atoms with Gasteiger partial charge in [0.2, 0.25) is 0 Å². The van der Waals surface area contributed by atoms with Crippen LogP contribution in [0.4, 0.5) is 5.69 Å². The molecular weight excluding hydrogens is 674 g/mol. The fourth-order valence-electron chi connectivity index (χ4n) is 5.55. The first-order valence-electron chi connectivity index (χ1n) is 13.6. The van der Waals surface area contributed by atoms with Crippen molar-refractivity contribution in [2.24, 2.45) is 0 Å². The van der Waals surface area contributed by atoms with Gasteiger partial charge in [-0.15, -0.1) is 0 Å². The molecule has 14 heteroatoms. The molecule has 0 saturated heterocycles. The number of fused-ring (bicyclic) bond motifs is 3. The number of esters is 4. The lowest BCUT2D eigenvalue weighted by Crippen LogP contribution is -2.54. The van der Waals surface area contributed by atoms with Gasteiger partial charge in [0.15, 0.2) is 0 Å². The van der Waals surface area contributed by atoms with Crippen molar-refractivity contribution in [3.05, 3.63) is 89.4 Å². The zero-order valence-electron chi connectivity index (χ0n) is 25.8. The summed E-state index contributed by atoms with van der Waals surface area (Å²) in [6.07, 6.45) is 0. The van der Waals surface area contributed by atoms with Crippen LogP contribution in [0.5, 0.6) is 0 Å². The molecule has 46 heavy (non-hydrogen) atoms. The monoisotopic (exact) mass is 701 g/mol. The molecule has 2 aromatic rings. The Morgan fingerprint density at radius 1 is 0.761 bits per heavy atom. The molecule has 1 amide bonds. The van der Waals surface area contributed by atoms with Gasteiger partial charge >= 0.3 is 23.9 Å². The number of anilines is 1. The number of carbonyl (C=O) groups excluding carboxylic acids is 5. The molecule has 0 bridgehead atoms. The number of ether oxygens (including phenoxy) is 4. The van der Waals surface area contributed by atoms with Crippen molar-refractivity contribution < 1.29 is 42.9 Å². The number of methoxy groups -OCH3 is 4. The Hall–Kier alpha value is -3.65. The molecule has 3 heterocycles. The van der Waals surface area contributed by atoms with Crippen molar-refractivity contribution in [3.8, 4) is 0 Å². The van der Waals surface area contributed by atoms with Gasteiger partial charge in [0.1, 0.15) is 18.8 Å². The van der Waals surface area contributed by atoms with Crippen LogP contribution in [0, 0.1) is 6.92 Å². The Morgan fingerprint density at radius 2 is 1.30 bits per heavy atom. The van der Waals surface area contributed by atoms with Crippen LogP contribution in [0.2, 0.25) is 5.02 Å². The second-order valence-electron chi connectivity index (χ2n) is 10.7. The van der Waals surface area contributed by atoms with E-state index in [1.165, 1.54) is 28.4 Å². The maximum Gasteiger partial charge on any atom is 0.345 e.